The second kappa shape index (κ2) is 9.42. The van der Waals surface area contributed by atoms with Gasteiger partial charge in [-0.15, -0.1) is 11.3 Å². The zero-order chi connectivity index (χ0) is 22.6. The van der Waals surface area contributed by atoms with Gasteiger partial charge in [0.25, 0.3) is 0 Å². The Hall–Kier alpha value is -3.71. The summed E-state index contributed by atoms with van der Waals surface area (Å²) in [5, 5.41) is 6.90. The van der Waals surface area contributed by atoms with Gasteiger partial charge in [-0.1, -0.05) is 42.5 Å². The molecule has 1 fully saturated rings. The van der Waals surface area contributed by atoms with Crippen molar-refractivity contribution < 1.29 is 9.59 Å². The molecule has 2 heterocycles. The number of aromatic nitrogens is 1. The van der Waals surface area contributed by atoms with Crippen LogP contribution in [0.25, 0.3) is 20.8 Å². The van der Waals surface area contributed by atoms with Gasteiger partial charge in [-0.25, -0.2) is 9.78 Å². The number of urea groups is 1. The fraction of sp³-hybridized carbons (Fsp3) is 0.192. The zero-order valence-electron chi connectivity index (χ0n) is 18.0. The van der Waals surface area contributed by atoms with Gasteiger partial charge in [0.1, 0.15) is 5.01 Å². The van der Waals surface area contributed by atoms with Crippen LogP contribution in [0.15, 0.2) is 78.9 Å². The van der Waals surface area contributed by atoms with E-state index in [0.29, 0.717) is 25.9 Å². The van der Waals surface area contributed by atoms with E-state index < -0.39 is 0 Å². The number of amides is 3. The first-order valence-corrected chi connectivity index (χ1v) is 11.9. The minimum absolute atomic E-state index is 0.000401. The highest BCUT2D eigenvalue weighted by atomic mass is 32.1. The van der Waals surface area contributed by atoms with E-state index in [-0.39, 0.29) is 17.9 Å². The molecule has 6 nitrogen and oxygen atoms in total. The van der Waals surface area contributed by atoms with Gasteiger partial charge in [-0.3, -0.25) is 4.79 Å². The van der Waals surface area contributed by atoms with E-state index in [0.717, 1.165) is 32.2 Å². The van der Waals surface area contributed by atoms with Crippen LogP contribution in [0.2, 0.25) is 0 Å². The number of hydrogen-bond donors (Lipinski definition) is 2. The lowest BCUT2D eigenvalue weighted by Gasteiger charge is -2.31. The van der Waals surface area contributed by atoms with E-state index in [2.05, 4.69) is 16.7 Å². The van der Waals surface area contributed by atoms with Crippen molar-refractivity contribution >= 4 is 44.9 Å². The molecular weight excluding hydrogens is 432 g/mol. The molecule has 0 saturated carbocycles. The highest BCUT2D eigenvalue weighted by molar-refractivity contribution is 7.21. The third-order valence-corrected chi connectivity index (χ3v) is 6.93. The van der Waals surface area contributed by atoms with Crippen LogP contribution in [0.4, 0.5) is 16.2 Å². The number of piperidine rings is 1. The second-order valence-electron chi connectivity index (χ2n) is 8.11. The highest BCUT2D eigenvalue weighted by Gasteiger charge is 2.27. The summed E-state index contributed by atoms with van der Waals surface area (Å²) in [7, 11) is 0. The van der Waals surface area contributed by atoms with Crippen molar-refractivity contribution in [1.82, 2.24) is 9.88 Å². The van der Waals surface area contributed by atoms with Gasteiger partial charge < -0.3 is 15.5 Å². The van der Waals surface area contributed by atoms with Gasteiger partial charge >= 0.3 is 6.03 Å². The number of thiazole rings is 1. The molecular formula is C26H24N4O2S. The molecule has 33 heavy (non-hydrogen) atoms. The van der Waals surface area contributed by atoms with E-state index in [9.17, 15) is 9.59 Å². The molecule has 2 N–H and O–H groups in total. The van der Waals surface area contributed by atoms with Crippen LogP contribution >= 0.6 is 11.3 Å². The number of nitrogens with one attached hydrogen (secondary N) is 2. The van der Waals surface area contributed by atoms with E-state index in [1.165, 1.54) is 0 Å². The number of anilines is 2. The molecule has 5 rings (SSSR count). The molecule has 0 aliphatic carbocycles. The largest absolute Gasteiger partial charge is 0.326 e. The zero-order valence-corrected chi connectivity index (χ0v) is 18.8. The van der Waals surface area contributed by atoms with Crippen molar-refractivity contribution in [2.45, 2.75) is 12.8 Å². The number of likely N-dealkylation sites (tertiary alicyclic amines) is 1. The molecule has 1 aliphatic heterocycles. The van der Waals surface area contributed by atoms with Crippen molar-refractivity contribution in [1.29, 1.82) is 0 Å². The maximum absolute atomic E-state index is 12.9. The van der Waals surface area contributed by atoms with Gasteiger partial charge in [0.05, 0.1) is 10.2 Å². The minimum atomic E-state index is -0.122. The monoisotopic (exact) mass is 456 g/mol. The molecule has 0 unspecified atom stereocenters. The summed E-state index contributed by atoms with van der Waals surface area (Å²) in [4.78, 5) is 31.8. The van der Waals surface area contributed by atoms with Gasteiger partial charge in [0, 0.05) is 35.9 Å². The maximum Gasteiger partial charge on any atom is 0.321 e. The maximum atomic E-state index is 12.9. The van der Waals surface area contributed by atoms with Gasteiger partial charge in [0.2, 0.25) is 5.91 Å². The normalized spacial score (nSPS) is 14.2. The Labute approximate surface area is 196 Å². The Morgan fingerprint density at radius 2 is 1.58 bits per heavy atom. The molecule has 3 amide bonds. The average Bonchev–Trinajstić information content (AvgIpc) is 3.29. The predicted octanol–water partition coefficient (Wildman–Crippen LogP) is 5.85. The number of rotatable bonds is 4. The first-order chi connectivity index (χ1) is 16.2. The van der Waals surface area contributed by atoms with Gasteiger partial charge in [-0.2, -0.15) is 0 Å². The van der Waals surface area contributed by atoms with Crippen LogP contribution in [0.3, 0.4) is 0 Å². The third kappa shape index (κ3) is 4.88. The number of carbonyl (C=O) groups is 2. The summed E-state index contributed by atoms with van der Waals surface area (Å²) in [5.41, 5.74) is 3.51. The lowest BCUT2D eigenvalue weighted by atomic mass is 9.96. The lowest BCUT2D eigenvalue weighted by molar-refractivity contribution is -0.121. The molecule has 0 atom stereocenters. The molecule has 0 spiro atoms. The first kappa shape index (κ1) is 21.2. The summed E-state index contributed by atoms with van der Waals surface area (Å²) in [6.07, 6.45) is 1.29. The molecule has 4 aromatic rings. The third-order valence-electron chi connectivity index (χ3n) is 5.85. The van der Waals surface area contributed by atoms with Crippen LogP contribution in [0, 0.1) is 5.92 Å². The lowest BCUT2D eigenvalue weighted by Crippen LogP contribution is -2.43. The van der Waals surface area contributed by atoms with E-state index in [1.807, 2.05) is 72.8 Å². The second-order valence-corrected chi connectivity index (χ2v) is 9.14. The van der Waals surface area contributed by atoms with Crippen molar-refractivity contribution in [2.75, 3.05) is 23.7 Å². The molecule has 0 radical (unpaired) electrons. The molecule has 1 saturated heterocycles. The molecule has 7 heteroatoms. The number of fused-ring (bicyclic) bond motifs is 1. The van der Waals surface area contributed by atoms with Gasteiger partial charge in [0.15, 0.2) is 0 Å². The van der Waals surface area contributed by atoms with E-state index in [4.69, 9.17) is 4.98 Å². The SMILES string of the molecule is O=C(Nc1cccc(-c2nc3ccccc3s2)c1)C1CCN(C(=O)Nc2ccccc2)CC1. The fourth-order valence-corrected chi connectivity index (χ4v) is 5.00. The van der Waals surface area contributed by atoms with Crippen LogP contribution in [-0.2, 0) is 4.79 Å². The van der Waals surface area contributed by atoms with Crippen molar-refractivity contribution in [3.05, 3.63) is 78.9 Å². The summed E-state index contributed by atoms with van der Waals surface area (Å²) in [6.45, 7) is 1.12. The predicted molar refractivity (Wildman–Crippen MR) is 133 cm³/mol. The van der Waals surface area contributed by atoms with Crippen molar-refractivity contribution in [2.24, 2.45) is 5.92 Å². The smallest absolute Gasteiger partial charge is 0.321 e. The van der Waals surface area contributed by atoms with Crippen molar-refractivity contribution in [3.8, 4) is 10.6 Å². The molecule has 1 aliphatic rings. The van der Waals surface area contributed by atoms with E-state index in [1.54, 1.807) is 16.2 Å². The summed E-state index contributed by atoms with van der Waals surface area (Å²) < 4.78 is 1.14. The average molecular weight is 457 g/mol. The van der Waals surface area contributed by atoms with Crippen LogP contribution in [0.5, 0.6) is 0 Å². The van der Waals surface area contributed by atoms with Crippen molar-refractivity contribution in [3.63, 3.8) is 0 Å². The Kier molecular flexibility index (Phi) is 6.04. The molecule has 3 aromatic carbocycles. The van der Waals surface area contributed by atoms with Crippen LogP contribution in [-0.4, -0.2) is 34.9 Å². The van der Waals surface area contributed by atoms with Crippen LogP contribution < -0.4 is 10.6 Å². The highest BCUT2D eigenvalue weighted by Crippen LogP contribution is 2.31. The Morgan fingerprint density at radius 3 is 2.36 bits per heavy atom. The van der Waals surface area contributed by atoms with Crippen LogP contribution in [0.1, 0.15) is 12.8 Å². The quantitative estimate of drug-likeness (QED) is 0.405. The topological polar surface area (TPSA) is 74.3 Å². The first-order valence-electron chi connectivity index (χ1n) is 11.0. The van der Waals surface area contributed by atoms with E-state index >= 15 is 0 Å². The standard InChI is InChI=1S/C26H24N4O2S/c31-24(18-13-15-30(16-14-18)26(32)28-20-8-2-1-3-9-20)27-21-10-6-7-19(17-21)25-29-22-11-4-5-12-23(22)33-25/h1-12,17-18H,13-16H2,(H,27,31)(H,28,32). The minimum Gasteiger partial charge on any atom is -0.326 e. The number of hydrogen-bond acceptors (Lipinski definition) is 4. The Bertz CT molecular complexity index is 1250. The molecule has 1 aromatic heterocycles. The number of nitrogens with zero attached hydrogens (tertiary/aromatic N) is 2. The number of benzene rings is 3. The Balaban J connectivity index is 1.18. The summed E-state index contributed by atoms with van der Waals surface area (Å²) in [6, 6.07) is 25.2. The molecule has 0 bridgehead atoms. The van der Waals surface area contributed by atoms with Gasteiger partial charge in [-0.05, 0) is 49.2 Å². The fourth-order valence-electron chi connectivity index (χ4n) is 4.04. The number of para-hydroxylation sites is 2. The number of carbonyl (C=O) groups excluding carboxylic acids is 2. The summed E-state index contributed by atoms with van der Waals surface area (Å²) >= 11 is 1.64. The molecule has 166 valence electrons. The Morgan fingerprint density at radius 1 is 0.848 bits per heavy atom. The summed E-state index contributed by atoms with van der Waals surface area (Å²) in [5.74, 6) is -0.114.